The van der Waals surface area contributed by atoms with E-state index in [1.165, 1.54) is 4.90 Å². The minimum Gasteiger partial charge on any atom is -0.324 e. The molecule has 4 atom stereocenters. The number of nitrogens with zero attached hydrogens (tertiary/aromatic N) is 2. The topological polar surface area (TPSA) is 69.7 Å². The number of rotatable bonds is 1. The molecule has 7 heteroatoms. The van der Waals surface area contributed by atoms with Crippen LogP contribution >= 0.6 is 11.6 Å². The molecule has 2 aromatic rings. The minimum atomic E-state index is -1.19. The Morgan fingerprint density at radius 2 is 1.87 bits per heavy atom. The van der Waals surface area contributed by atoms with Crippen molar-refractivity contribution in [3.05, 3.63) is 58.6 Å². The van der Waals surface area contributed by atoms with Crippen LogP contribution in [0.1, 0.15) is 24.0 Å². The summed E-state index contributed by atoms with van der Waals surface area (Å²) in [6.07, 6.45) is 1.69. The Balaban J connectivity index is 1.59. The molecule has 0 radical (unpaired) electrons. The van der Waals surface area contributed by atoms with Crippen molar-refractivity contribution in [3.8, 4) is 0 Å². The average molecular weight is 422 g/mol. The molecule has 0 aliphatic carbocycles. The molecule has 3 amide bonds. The molecule has 0 saturated carbocycles. The molecule has 6 rings (SSSR count). The van der Waals surface area contributed by atoms with E-state index in [0.29, 0.717) is 22.9 Å². The molecule has 0 bridgehead atoms. The zero-order chi connectivity index (χ0) is 20.8. The molecule has 4 unspecified atom stereocenters. The molecule has 3 saturated heterocycles. The van der Waals surface area contributed by atoms with Crippen molar-refractivity contribution in [1.29, 1.82) is 0 Å². The SMILES string of the molecule is Cc1cc(Cl)cc2c1NC(=O)C21C2C(=O)N(c3ccccc3)C(=O)C2C2CCCN21. The van der Waals surface area contributed by atoms with Gasteiger partial charge < -0.3 is 5.32 Å². The first-order chi connectivity index (χ1) is 14.5. The van der Waals surface area contributed by atoms with E-state index in [2.05, 4.69) is 10.2 Å². The molecule has 1 N–H and O–H groups in total. The third kappa shape index (κ3) is 1.96. The van der Waals surface area contributed by atoms with E-state index in [1.807, 2.05) is 31.2 Å². The summed E-state index contributed by atoms with van der Waals surface area (Å²) in [5, 5.41) is 3.55. The van der Waals surface area contributed by atoms with E-state index in [9.17, 15) is 14.4 Å². The van der Waals surface area contributed by atoms with Crippen molar-refractivity contribution in [1.82, 2.24) is 4.90 Å². The van der Waals surface area contributed by atoms with E-state index in [1.54, 1.807) is 18.2 Å². The van der Waals surface area contributed by atoms with E-state index in [4.69, 9.17) is 11.6 Å². The van der Waals surface area contributed by atoms with E-state index in [-0.39, 0.29) is 23.8 Å². The first-order valence-electron chi connectivity index (χ1n) is 10.3. The normalized spacial score (nSPS) is 32.0. The number of hydrogen-bond acceptors (Lipinski definition) is 4. The van der Waals surface area contributed by atoms with Gasteiger partial charge in [0, 0.05) is 22.3 Å². The summed E-state index contributed by atoms with van der Waals surface area (Å²) in [6.45, 7) is 2.58. The van der Waals surface area contributed by atoms with Crippen LogP contribution in [0.3, 0.4) is 0 Å². The highest BCUT2D eigenvalue weighted by atomic mass is 35.5. The van der Waals surface area contributed by atoms with Gasteiger partial charge in [-0.2, -0.15) is 0 Å². The second-order valence-electron chi connectivity index (χ2n) is 8.62. The predicted octanol–water partition coefficient (Wildman–Crippen LogP) is 3.08. The average Bonchev–Trinajstić information content (AvgIpc) is 3.42. The second kappa shape index (κ2) is 5.93. The second-order valence-corrected chi connectivity index (χ2v) is 9.06. The fraction of sp³-hybridized carbons (Fsp3) is 0.348. The Labute approximate surface area is 178 Å². The molecule has 4 heterocycles. The van der Waals surface area contributed by atoms with E-state index < -0.39 is 17.4 Å². The summed E-state index contributed by atoms with van der Waals surface area (Å²) in [6, 6.07) is 12.5. The van der Waals surface area contributed by atoms with Crippen LogP contribution in [-0.4, -0.2) is 35.2 Å². The first-order valence-corrected chi connectivity index (χ1v) is 10.7. The molecule has 4 aliphatic heterocycles. The van der Waals surface area contributed by atoms with Gasteiger partial charge in [-0.05, 0) is 56.1 Å². The van der Waals surface area contributed by atoms with Gasteiger partial charge in [0.05, 0.1) is 17.5 Å². The maximum Gasteiger partial charge on any atom is 0.250 e. The Kier molecular flexibility index (Phi) is 3.58. The number of nitrogens with one attached hydrogen (secondary N) is 1. The van der Waals surface area contributed by atoms with Gasteiger partial charge in [-0.25, -0.2) is 4.90 Å². The Hall–Kier alpha value is -2.70. The summed E-state index contributed by atoms with van der Waals surface area (Å²) in [4.78, 5) is 44.4. The van der Waals surface area contributed by atoms with E-state index >= 15 is 0 Å². The van der Waals surface area contributed by atoms with Gasteiger partial charge in [-0.3, -0.25) is 19.3 Å². The molecular weight excluding hydrogens is 402 g/mol. The summed E-state index contributed by atoms with van der Waals surface area (Å²) in [7, 11) is 0. The van der Waals surface area contributed by atoms with Crippen molar-refractivity contribution in [3.63, 3.8) is 0 Å². The number of imide groups is 1. The van der Waals surface area contributed by atoms with Crippen LogP contribution in [0.5, 0.6) is 0 Å². The maximum absolute atomic E-state index is 13.8. The molecule has 152 valence electrons. The number of carbonyl (C=O) groups excluding carboxylic acids is 3. The van der Waals surface area contributed by atoms with Crippen LogP contribution in [0, 0.1) is 18.8 Å². The number of halogens is 1. The van der Waals surface area contributed by atoms with Crippen LogP contribution in [0.25, 0.3) is 0 Å². The number of benzene rings is 2. The Morgan fingerprint density at radius 3 is 2.63 bits per heavy atom. The predicted molar refractivity (Wildman–Crippen MR) is 112 cm³/mol. The number of para-hydroxylation sites is 1. The molecular formula is C23H20ClN3O3. The highest BCUT2D eigenvalue weighted by molar-refractivity contribution is 6.31. The lowest BCUT2D eigenvalue weighted by atomic mass is 9.75. The monoisotopic (exact) mass is 421 g/mol. The third-order valence-corrected chi connectivity index (χ3v) is 7.50. The minimum absolute atomic E-state index is 0.129. The summed E-state index contributed by atoms with van der Waals surface area (Å²) in [5.41, 5.74) is 1.68. The van der Waals surface area contributed by atoms with Crippen molar-refractivity contribution >= 4 is 40.7 Å². The van der Waals surface area contributed by atoms with Crippen molar-refractivity contribution in [2.75, 3.05) is 16.8 Å². The van der Waals surface area contributed by atoms with Gasteiger partial charge in [-0.1, -0.05) is 29.8 Å². The van der Waals surface area contributed by atoms with Gasteiger partial charge in [0.15, 0.2) is 0 Å². The van der Waals surface area contributed by atoms with Crippen molar-refractivity contribution in [2.24, 2.45) is 11.8 Å². The van der Waals surface area contributed by atoms with Gasteiger partial charge in [-0.15, -0.1) is 0 Å². The standard InChI is InChI=1S/C23H20ClN3O3/c1-12-10-13(24)11-15-19(12)25-22(30)23(15)18-17(16-8-5-9-26(16)23)20(28)27(21(18)29)14-6-3-2-4-7-14/h2-4,6-7,10-11,16-18H,5,8-9H2,1H3,(H,25,30). The van der Waals surface area contributed by atoms with Crippen LogP contribution in [0.2, 0.25) is 5.02 Å². The van der Waals surface area contributed by atoms with Gasteiger partial charge >= 0.3 is 0 Å². The molecule has 4 aliphatic rings. The molecule has 30 heavy (non-hydrogen) atoms. The van der Waals surface area contributed by atoms with Crippen LogP contribution in [0.15, 0.2) is 42.5 Å². The molecule has 3 fully saturated rings. The molecule has 2 aromatic carbocycles. The lowest BCUT2D eigenvalue weighted by molar-refractivity contribution is -0.135. The lowest BCUT2D eigenvalue weighted by Crippen LogP contribution is -2.54. The summed E-state index contributed by atoms with van der Waals surface area (Å²) < 4.78 is 0. The zero-order valence-corrected chi connectivity index (χ0v) is 17.1. The summed E-state index contributed by atoms with van der Waals surface area (Å²) in [5.74, 6) is -2.01. The Bertz CT molecular complexity index is 1130. The molecule has 0 aromatic heterocycles. The smallest absolute Gasteiger partial charge is 0.250 e. The lowest BCUT2D eigenvalue weighted by Gasteiger charge is -2.36. The number of aryl methyl sites for hydroxylation is 1. The maximum atomic E-state index is 13.8. The number of carbonyl (C=O) groups is 3. The van der Waals surface area contributed by atoms with Gasteiger partial charge in [0.1, 0.15) is 5.54 Å². The van der Waals surface area contributed by atoms with Gasteiger partial charge in [0.2, 0.25) is 17.7 Å². The fourth-order valence-corrected chi connectivity index (χ4v) is 6.54. The largest absolute Gasteiger partial charge is 0.324 e. The number of hydrogen-bond donors (Lipinski definition) is 1. The van der Waals surface area contributed by atoms with Crippen molar-refractivity contribution in [2.45, 2.75) is 31.3 Å². The number of anilines is 2. The van der Waals surface area contributed by atoms with Gasteiger partial charge in [0.25, 0.3) is 0 Å². The first kappa shape index (κ1) is 18.1. The van der Waals surface area contributed by atoms with Crippen molar-refractivity contribution < 1.29 is 14.4 Å². The van der Waals surface area contributed by atoms with Crippen LogP contribution in [-0.2, 0) is 19.9 Å². The highest BCUT2D eigenvalue weighted by Gasteiger charge is 2.74. The number of amides is 3. The van der Waals surface area contributed by atoms with E-state index in [0.717, 1.165) is 24.0 Å². The quantitative estimate of drug-likeness (QED) is 0.718. The highest BCUT2D eigenvalue weighted by Crippen LogP contribution is 2.61. The third-order valence-electron chi connectivity index (χ3n) is 7.28. The Morgan fingerprint density at radius 1 is 1.10 bits per heavy atom. The van der Waals surface area contributed by atoms with Crippen LogP contribution in [0.4, 0.5) is 11.4 Å². The fourth-order valence-electron chi connectivity index (χ4n) is 6.27. The molecule has 1 spiro atoms. The van der Waals surface area contributed by atoms with Crippen LogP contribution < -0.4 is 10.2 Å². The summed E-state index contributed by atoms with van der Waals surface area (Å²) >= 11 is 6.39. The zero-order valence-electron chi connectivity index (χ0n) is 16.4. The number of fused-ring (bicyclic) bond motifs is 7. The molecule has 6 nitrogen and oxygen atoms in total.